The van der Waals surface area contributed by atoms with Crippen molar-refractivity contribution in [3.63, 3.8) is 0 Å². The van der Waals surface area contributed by atoms with E-state index in [0.29, 0.717) is 6.54 Å². The minimum atomic E-state index is -0.171. The minimum Gasteiger partial charge on any atom is -0.355 e. The molecule has 2 aromatic rings. The first-order valence-corrected chi connectivity index (χ1v) is 7.67. The van der Waals surface area contributed by atoms with Crippen molar-refractivity contribution in [2.45, 2.75) is 37.5 Å². The smallest absolute Gasteiger partial charge is 0.233 e. The van der Waals surface area contributed by atoms with E-state index in [4.69, 9.17) is 0 Å². The fraction of sp³-hybridized carbons (Fsp3) is 0.400. The van der Waals surface area contributed by atoms with Crippen LogP contribution < -0.4 is 5.32 Å². The summed E-state index contributed by atoms with van der Waals surface area (Å²) in [6.07, 6.45) is 0.942. The summed E-state index contributed by atoms with van der Waals surface area (Å²) in [5.41, 5.74) is 2.61. The Kier molecular flexibility index (Phi) is 4.95. The summed E-state index contributed by atoms with van der Waals surface area (Å²) < 4.78 is 0. The maximum Gasteiger partial charge on any atom is 0.233 e. The lowest BCUT2D eigenvalue weighted by atomic mass is 10.3. The second-order valence-electron chi connectivity index (χ2n) is 4.65. The highest BCUT2D eigenvalue weighted by Crippen LogP contribution is 2.25. The Labute approximate surface area is 123 Å². The van der Waals surface area contributed by atoms with Crippen molar-refractivity contribution in [1.82, 2.24) is 15.3 Å². The average molecular weight is 289 g/mol. The number of benzene rings is 1. The van der Waals surface area contributed by atoms with Crippen LogP contribution >= 0.6 is 11.8 Å². The Morgan fingerprint density at radius 3 is 2.60 bits per heavy atom. The lowest BCUT2D eigenvalue weighted by Gasteiger charge is -2.12. The molecule has 0 saturated heterocycles. The number of thioether (sulfide) groups is 1. The highest BCUT2D eigenvalue weighted by atomic mass is 32.2. The van der Waals surface area contributed by atoms with Gasteiger partial charge in [-0.25, -0.2) is 9.97 Å². The van der Waals surface area contributed by atoms with Crippen LogP contribution in [0, 0.1) is 6.92 Å². The third-order valence-corrected chi connectivity index (χ3v) is 4.09. The van der Waals surface area contributed by atoms with Crippen LogP contribution in [0.15, 0.2) is 29.3 Å². The van der Waals surface area contributed by atoms with Gasteiger partial charge in [-0.1, -0.05) is 30.8 Å². The number of nitrogens with one attached hydrogen (secondary N) is 1. The van der Waals surface area contributed by atoms with E-state index < -0.39 is 0 Å². The van der Waals surface area contributed by atoms with E-state index in [9.17, 15) is 4.79 Å². The zero-order chi connectivity index (χ0) is 14.5. The Morgan fingerprint density at radius 1 is 1.30 bits per heavy atom. The molecule has 0 saturated carbocycles. The number of aryl methyl sites for hydroxylation is 1. The number of para-hydroxylation sites is 2. The molecule has 1 heterocycles. The molecule has 1 N–H and O–H groups in total. The van der Waals surface area contributed by atoms with Crippen LogP contribution in [0.25, 0.3) is 11.0 Å². The van der Waals surface area contributed by atoms with Crippen LogP contribution in [0.3, 0.4) is 0 Å². The van der Waals surface area contributed by atoms with Crippen LogP contribution in [-0.4, -0.2) is 27.7 Å². The summed E-state index contributed by atoms with van der Waals surface area (Å²) in [7, 11) is 0. The minimum absolute atomic E-state index is 0.0474. The van der Waals surface area contributed by atoms with Gasteiger partial charge >= 0.3 is 0 Å². The molecular weight excluding hydrogens is 270 g/mol. The Hall–Kier alpha value is -1.62. The number of fused-ring (bicyclic) bond motifs is 1. The Balaban J connectivity index is 2.16. The predicted molar refractivity (Wildman–Crippen MR) is 82.9 cm³/mol. The zero-order valence-corrected chi connectivity index (χ0v) is 12.8. The van der Waals surface area contributed by atoms with E-state index in [2.05, 4.69) is 15.3 Å². The van der Waals surface area contributed by atoms with E-state index in [1.54, 1.807) is 0 Å². The second-order valence-corrected chi connectivity index (χ2v) is 5.98. The largest absolute Gasteiger partial charge is 0.355 e. The first-order chi connectivity index (χ1) is 9.61. The molecule has 0 bridgehead atoms. The van der Waals surface area contributed by atoms with Crippen molar-refractivity contribution in [3.8, 4) is 0 Å². The van der Waals surface area contributed by atoms with Crippen LogP contribution in [-0.2, 0) is 4.79 Å². The van der Waals surface area contributed by atoms with Crippen molar-refractivity contribution in [1.29, 1.82) is 0 Å². The molecular formula is C15H19N3OS. The predicted octanol–water partition coefficient (Wildman–Crippen LogP) is 2.95. The van der Waals surface area contributed by atoms with Gasteiger partial charge in [0.1, 0.15) is 5.03 Å². The number of aromatic nitrogens is 2. The SMILES string of the molecule is CCCNC(=O)[C@@H](C)Sc1nc2ccccc2nc1C. The zero-order valence-electron chi connectivity index (χ0n) is 12.0. The molecule has 0 aliphatic rings. The van der Waals surface area contributed by atoms with Crippen LogP contribution in [0.2, 0.25) is 0 Å². The van der Waals surface area contributed by atoms with E-state index in [0.717, 1.165) is 28.2 Å². The van der Waals surface area contributed by atoms with Crippen molar-refractivity contribution in [2.24, 2.45) is 0 Å². The first kappa shape index (κ1) is 14.8. The number of hydrogen-bond donors (Lipinski definition) is 1. The number of carbonyl (C=O) groups is 1. The summed E-state index contributed by atoms with van der Waals surface area (Å²) in [6.45, 7) is 6.58. The summed E-state index contributed by atoms with van der Waals surface area (Å²) in [4.78, 5) is 21.0. The number of carbonyl (C=O) groups excluding carboxylic acids is 1. The average Bonchev–Trinajstić information content (AvgIpc) is 2.45. The number of nitrogens with zero attached hydrogens (tertiary/aromatic N) is 2. The van der Waals surface area contributed by atoms with E-state index in [1.807, 2.05) is 45.0 Å². The highest BCUT2D eigenvalue weighted by Gasteiger charge is 2.16. The van der Waals surface area contributed by atoms with E-state index in [1.165, 1.54) is 11.8 Å². The summed E-state index contributed by atoms with van der Waals surface area (Å²) in [6, 6.07) is 7.77. The first-order valence-electron chi connectivity index (χ1n) is 6.79. The molecule has 0 unspecified atom stereocenters. The monoisotopic (exact) mass is 289 g/mol. The molecule has 1 aromatic heterocycles. The Bertz CT molecular complexity index is 615. The molecule has 0 fully saturated rings. The van der Waals surface area contributed by atoms with Gasteiger partial charge in [-0.15, -0.1) is 0 Å². The van der Waals surface area contributed by atoms with Gasteiger partial charge in [0, 0.05) is 6.54 Å². The van der Waals surface area contributed by atoms with Gasteiger partial charge in [0.15, 0.2) is 0 Å². The van der Waals surface area contributed by atoms with Gasteiger partial charge in [0.05, 0.1) is 22.0 Å². The molecule has 20 heavy (non-hydrogen) atoms. The van der Waals surface area contributed by atoms with Crippen molar-refractivity contribution < 1.29 is 4.79 Å². The van der Waals surface area contributed by atoms with Gasteiger partial charge in [0.2, 0.25) is 5.91 Å². The van der Waals surface area contributed by atoms with E-state index in [-0.39, 0.29) is 11.2 Å². The van der Waals surface area contributed by atoms with Crippen molar-refractivity contribution in [2.75, 3.05) is 6.54 Å². The summed E-state index contributed by atoms with van der Waals surface area (Å²) >= 11 is 1.46. The third kappa shape index (κ3) is 3.48. The van der Waals surface area contributed by atoms with Crippen LogP contribution in [0.5, 0.6) is 0 Å². The third-order valence-electron chi connectivity index (χ3n) is 2.91. The van der Waals surface area contributed by atoms with Gasteiger partial charge < -0.3 is 5.32 Å². The lowest BCUT2D eigenvalue weighted by Crippen LogP contribution is -2.31. The number of hydrogen-bond acceptors (Lipinski definition) is 4. The fourth-order valence-electron chi connectivity index (χ4n) is 1.80. The lowest BCUT2D eigenvalue weighted by molar-refractivity contribution is -0.120. The fourth-order valence-corrected chi connectivity index (χ4v) is 2.69. The molecule has 4 nitrogen and oxygen atoms in total. The van der Waals surface area contributed by atoms with Crippen molar-refractivity contribution in [3.05, 3.63) is 30.0 Å². The molecule has 106 valence electrons. The van der Waals surface area contributed by atoms with Gasteiger partial charge in [-0.3, -0.25) is 4.79 Å². The number of rotatable bonds is 5. The van der Waals surface area contributed by atoms with E-state index >= 15 is 0 Å². The van der Waals surface area contributed by atoms with Crippen LogP contribution in [0.4, 0.5) is 0 Å². The summed E-state index contributed by atoms with van der Waals surface area (Å²) in [5, 5.41) is 3.55. The maximum absolute atomic E-state index is 11.9. The standard InChI is InChI=1S/C15H19N3OS/c1-4-9-16-14(19)11(3)20-15-10(2)17-12-7-5-6-8-13(12)18-15/h5-8,11H,4,9H2,1-3H3,(H,16,19)/t11-/m1/s1. The van der Waals surface area contributed by atoms with Gasteiger partial charge in [-0.2, -0.15) is 0 Å². The molecule has 0 aliphatic heterocycles. The molecule has 1 atom stereocenters. The molecule has 1 amide bonds. The normalized spacial score (nSPS) is 12.3. The maximum atomic E-state index is 11.9. The topological polar surface area (TPSA) is 54.9 Å². The molecule has 0 aliphatic carbocycles. The molecule has 0 radical (unpaired) electrons. The Morgan fingerprint density at radius 2 is 1.95 bits per heavy atom. The molecule has 5 heteroatoms. The molecule has 1 aromatic carbocycles. The quantitative estimate of drug-likeness (QED) is 0.860. The molecule has 0 spiro atoms. The molecule has 2 rings (SSSR count). The van der Waals surface area contributed by atoms with Crippen LogP contribution in [0.1, 0.15) is 26.0 Å². The number of amides is 1. The highest BCUT2D eigenvalue weighted by molar-refractivity contribution is 8.00. The van der Waals surface area contributed by atoms with Crippen molar-refractivity contribution >= 4 is 28.7 Å². The summed E-state index contributed by atoms with van der Waals surface area (Å²) in [5.74, 6) is 0.0474. The van der Waals surface area contributed by atoms with Gasteiger partial charge in [0.25, 0.3) is 0 Å². The second kappa shape index (κ2) is 6.70. The van der Waals surface area contributed by atoms with Gasteiger partial charge in [-0.05, 0) is 32.4 Å².